The Labute approximate surface area is 203 Å². The molecular formula is C27H30N6O2. The number of pyridine rings is 1. The van der Waals surface area contributed by atoms with Gasteiger partial charge in [-0.15, -0.1) is 0 Å². The molecule has 35 heavy (non-hydrogen) atoms. The number of nitrogens with two attached hydrogens (primary N) is 1. The number of aryl methyl sites for hydroxylation is 1. The number of nitrogen functional groups attached to an aromatic ring is 1. The smallest absolute Gasteiger partial charge is 0.145 e. The second kappa shape index (κ2) is 7.63. The van der Waals surface area contributed by atoms with Gasteiger partial charge in [-0.3, -0.25) is 0 Å². The lowest BCUT2D eigenvalue weighted by Crippen LogP contribution is -2.34. The van der Waals surface area contributed by atoms with E-state index in [4.69, 9.17) is 10.7 Å². The van der Waals surface area contributed by atoms with Crippen LogP contribution in [0.1, 0.15) is 43.7 Å². The summed E-state index contributed by atoms with van der Waals surface area (Å²) in [5.74, 6) is 1.58. The minimum Gasteiger partial charge on any atom is -0.390 e. The molecule has 8 heteroatoms. The fourth-order valence-electron chi connectivity index (χ4n) is 6.48. The summed E-state index contributed by atoms with van der Waals surface area (Å²) in [5, 5.41) is 27.6. The van der Waals surface area contributed by atoms with E-state index in [1.54, 1.807) is 0 Å². The topological polar surface area (TPSA) is 122 Å². The van der Waals surface area contributed by atoms with Gasteiger partial charge in [-0.2, -0.15) is 0 Å². The molecule has 4 aromatic rings. The Balaban J connectivity index is 1.11. The van der Waals surface area contributed by atoms with Gasteiger partial charge in [0.2, 0.25) is 0 Å². The molecule has 0 aliphatic heterocycles. The van der Waals surface area contributed by atoms with E-state index in [1.807, 2.05) is 16.8 Å². The van der Waals surface area contributed by atoms with Crippen molar-refractivity contribution in [1.29, 1.82) is 0 Å². The summed E-state index contributed by atoms with van der Waals surface area (Å²) in [6.45, 7) is 0. The Kier molecular flexibility index (Phi) is 4.60. The average molecular weight is 471 g/mol. The van der Waals surface area contributed by atoms with Gasteiger partial charge in [0.25, 0.3) is 0 Å². The molecule has 0 saturated heterocycles. The Hall–Kier alpha value is -3.23. The number of fused-ring (bicyclic) bond motifs is 3. The Bertz CT molecular complexity index is 1430. The zero-order chi connectivity index (χ0) is 23.7. The summed E-state index contributed by atoms with van der Waals surface area (Å²) in [4.78, 5) is 13.3. The van der Waals surface area contributed by atoms with Crippen molar-refractivity contribution in [1.82, 2.24) is 19.5 Å². The van der Waals surface area contributed by atoms with Crippen molar-refractivity contribution in [3.63, 3.8) is 0 Å². The third kappa shape index (κ3) is 3.23. The molecule has 0 radical (unpaired) electrons. The number of hydrogen-bond donors (Lipinski definition) is 4. The van der Waals surface area contributed by atoms with Gasteiger partial charge < -0.3 is 25.8 Å². The van der Waals surface area contributed by atoms with Crippen LogP contribution in [0.3, 0.4) is 0 Å². The van der Waals surface area contributed by atoms with Crippen LogP contribution in [0.15, 0.2) is 48.9 Å². The first-order valence-corrected chi connectivity index (χ1v) is 12.6. The van der Waals surface area contributed by atoms with Crippen molar-refractivity contribution in [2.45, 2.75) is 62.8 Å². The maximum atomic E-state index is 11.1. The van der Waals surface area contributed by atoms with E-state index in [0.717, 1.165) is 41.4 Å². The highest BCUT2D eigenvalue weighted by Gasteiger charge is 2.70. The molecule has 3 heterocycles. The molecule has 180 valence electrons. The zero-order valence-corrected chi connectivity index (χ0v) is 19.5. The number of hydrogen-bond acceptors (Lipinski definition) is 7. The van der Waals surface area contributed by atoms with E-state index in [-0.39, 0.29) is 17.4 Å². The Morgan fingerprint density at radius 1 is 1.11 bits per heavy atom. The number of nitrogens with one attached hydrogen (secondary N) is 1. The highest BCUT2D eigenvalue weighted by atomic mass is 16.3. The van der Waals surface area contributed by atoms with Crippen molar-refractivity contribution < 1.29 is 10.2 Å². The molecule has 0 bridgehead atoms. The summed E-state index contributed by atoms with van der Waals surface area (Å²) < 4.78 is 1.98. The van der Waals surface area contributed by atoms with Crippen LogP contribution in [0.5, 0.6) is 0 Å². The van der Waals surface area contributed by atoms with Crippen LogP contribution in [0.2, 0.25) is 0 Å². The van der Waals surface area contributed by atoms with Crippen LogP contribution in [-0.2, 0) is 6.42 Å². The van der Waals surface area contributed by atoms with Crippen molar-refractivity contribution >= 4 is 33.6 Å². The summed E-state index contributed by atoms with van der Waals surface area (Å²) in [6, 6.07) is 12.9. The van der Waals surface area contributed by atoms with E-state index < -0.39 is 12.2 Å². The van der Waals surface area contributed by atoms with Crippen LogP contribution in [0, 0.1) is 11.3 Å². The lowest BCUT2D eigenvalue weighted by Gasteiger charge is -2.27. The highest BCUT2D eigenvalue weighted by molar-refractivity contribution is 5.86. The molecule has 8 nitrogen and oxygen atoms in total. The first kappa shape index (κ1) is 21.1. The predicted molar refractivity (Wildman–Crippen MR) is 135 cm³/mol. The Morgan fingerprint density at radius 3 is 2.80 bits per heavy atom. The third-order valence-electron chi connectivity index (χ3n) is 8.81. The van der Waals surface area contributed by atoms with E-state index in [9.17, 15) is 10.2 Å². The van der Waals surface area contributed by atoms with Gasteiger partial charge in [0.05, 0.1) is 23.0 Å². The SMILES string of the molecule is Nc1ncnc2c1ccn2[C@H]1[C@H](O)[C@H](O)[C@@]2(CCc3ccc4ccc(NC5CCC5)nc4c3)C[C@H]12. The molecule has 0 unspecified atom stereocenters. The quantitative estimate of drug-likeness (QED) is 0.340. The number of aliphatic hydroxyl groups is 2. The van der Waals surface area contributed by atoms with Gasteiger partial charge in [0, 0.05) is 23.0 Å². The van der Waals surface area contributed by atoms with E-state index in [2.05, 4.69) is 45.6 Å². The summed E-state index contributed by atoms with van der Waals surface area (Å²) in [5.41, 5.74) is 8.66. The predicted octanol–water partition coefficient (Wildman–Crippen LogP) is 3.44. The molecule has 3 saturated carbocycles. The third-order valence-corrected chi connectivity index (χ3v) is 8.81. The number of benzene rings is 1. The fourth-order valence-corrected chi connectivity index (χ4v) is 6.48. The normalized spacial score (nSPS) is 29.9. The lowest BCUT2D eigenvalue weighted by atomic mass is 9.91. The van der Waals surface area contributed by atoms with Gasteiger partial charge in [-0.1, -0.05) is 12.1 Å². The Morgan fingerprint density at radius 2 is 1.97 bits per heavy atom. The minimum absolute atomic E-state index is 0.205. The molecule has 3 fully saturated rings. The van der Waals surface area contributed by atoms with Gasteiger partial charge >= 0.3 is 0 Å². The average Bonchev–Trinajstić information content (AvgIpc) is 3.33. The van der Waals surface area contributed by atoms with Crippen LogP contribution in [0.25, 0.3) is 21.9 Å². The largest absolute Gasteiger partial charge is 0.390 e. The molecule has 0 amide bonds. The highest BCUT2D eigenvalue weighted by Crippen LogP contribution is 2.69. The first-order chi connectivity index (χ1) is 17.0. The fraction of sp³-hybridized carbons (Fsp3) is 0.444. The van der Waals surface area contributed by atoms with Crippen LogP contribution >= 0.6 is 0 Å². The van der Waals surface area contributed by atoms with E-state index in [1.165, 1.54) is 31.2 Å². The number of rotatable bonds is 6. The lowest BCUT2D eigenvalue weighted by molar-refractivity contribution is -0.0191. The summed E-state index contributed by atoms with van der Waals surface area (Å²) >= 11 is 0. The summed E-state index contributed by atoms with van der Waals surface area (Å²) in [7, 11) is 0. The number of nitrogens with zero attached hydrogens (tertiary/aromatic N) is 4. The number of aliphatic hydroxyl groups excluding tert-OH is 2. The van der Waals surface area contributed by atoms with Crippen molar-refractivity contribution in [3.05, 3.63) is 54.5 Å². The molecule has 7 rings (SSSR count). The maximum absolute atomic E-state index is 11.1. The standard InChI is InChI=1S/C27H30N6O2/c28-25-18-9-11-33(26(18)30-14-29-25)22-19-13-27(19,24(35)23(22)34)10-8-15-4-5-16-6-7-21(32-20(16)12-15)31-17-2-1-3-17/h4-7,9,11-12,14,17,19,22-24,34-35H,1-3,8,10,13H2,(H,31,32)(H2,28,29,30)/t19-,22-,23+,24+,27+/m1/s1. The van der Waals surface area contributed by atoms with Gasteiger partial charge in [0.1, 0.15) is 29.7 Å². The molecule has 5 atom stereocenters. The van der Waals surface area contributed by atoms with Crippen molar-refractivity contribution in [3.8, 4) is 0 Å². The van der Waals surface area contributed by atoms with Gasteiger partial charge in [-0.05, 0) is 74.3 Å². The van der Waals surface area contributed by atoms with E-state index >= 15 is 0 Å². The van der Waals surface area contributed by atoms with Crippen LogP contribution in [0.4, 0.5) is 11.6 Å². The molecular weight excluding hydrogens is 440 g/mol. The maximum Gasteiger partial charge on any atom is 0.145 e. The molecule has 3 aliphatic rings. The second-order valence-electron chi connectivity index (χ2n) is 10.7. The van der Waals surface area contributed by atoms with Crippen molar-refractivity contribution in [2.75, 3.05) is 11.1 Å². The monoisotopic (exact) mass is 470 g/mol. The number of anilines is 2. The molecule has 0 spiro atoms. The zero-order valence-electron chi connectivity index (χ0n) is 19.5. The second-order valence-corrected chi connectivity index (χ2v) is 10.7. The van der Waals surface area contributed by atoms with Gasteiger partial charge in [-0.25, -0.2) is 15.0 Å². The number of aromatic nitrogens is 4. The van der Waals surface area contributed by atoms with Crippen LogP contribution in [-0.4, -0.2) is 48.0 Å². The van der Waals surface area contributed by atoms with Gasteiger partial charge in [0.15, 0.2) is 0 Å². The summed E-state index contributed by atoms with van der Waals surface area (Å²) in [6.07, 6.45) is 8.07. The molecule has 3 aliphatic carbocycles. The molecule has 1 aromatic carbocycles. The van der Waals surface area contributed by atoms with Crippen molar-refractivity contribution in [2.24, 2.45) is 11.3 Å². The molecule has 3 aromatic heterocycles. The van der Waals surface area contributed by atoms with E-state index in [0.29, 0.717) is 17.5 Å². The first-order valence-electron chi connectivity index (χ1n) is 12.6. The molecule has 5 N–H and O–H groups in total. The minimum atomic E-state index is -0.834. The van der Waals surface area contributed by atoms with Crippen LogP contribution < -0.4 is 11.1 Å².